The maximum Gasteiger partial charge on any atom is 0.309 e. The molecule has 0 saturated carbocycles. The molecule has 0 unspecified atom stereocenters. The van der Waals surface area contributed by atoms with E-state index in [1.165, 1.54) is 24.3 Å². The summed E-state index contributed by atoms with van der Waals surface area (Å²) >= 11 is 0. The maximum atomic E-state index is 13.0. The molecule has 0 aromatic heterocycles. The van der Waals surface area contributed by atoms with Crippen molar-refractivity contribution in [1.29, 1.82) is 0 Å². The molecule has 7 heteroatoms. The molecule has 0 radical (unpaired) electrons. The summed E-state index contributed by atoms with van der Waals surface area (Å²) < 4.78 is 18.2. The average molecular weight is 412 g/mol. The number of piperidine rings is 1. The maximum absolute atomic E-state index is 13.0. The van der Waals surface area contributed by atoms with E-state index in [0.29, 0.717) is 37.2 Å². The fourth-order valence-corrected chi connectivity index (χ4v) is 3.41. The molecule has 30 heavy (non-hydrogen) atoms. The highest BCUT2D eigenvalue weighted by atomic mass is 19.1. The van der Waals surface area contributed by atoms with Crippen molar-refractivity contribution in [3.63, 3.8) is 0 Å². The zero-order chi connectivity index (χ0) is 21.5. The van der Waals surface area contributed by atoms with Crippen LogP contribution in [0.5, 0.6) is 0 Å². The Kier molecular flexibility index (Phi) is 7.17. The van der Waals surface area contributed by atoms with Crippen LogP contribution in [-0.4, -0.2) is 42.4 Å². The number of benzene rings is 2. The van der Waals surface area contributed by atoms with E-state index in [1.807, 2.05) is 25.1 Å². The monoisotopic (exact) mass is 412 g/mol. The normalized spacial score (nSPS) is 14.3. The highest BCUT2D eigenvalue weighted by Gasteiger charge is 2.29. The van der Waals surface area contributed by atoms with Gasteiger partial charge in [-0.15, -0.1) is 0 Å². The van der Waals surface area contributed by atoms with Gasteiger partial charge in [0.25, 0.3) is 11.8 Å². The summed E-state index contributed by atoms with van der Waals surface area (Å²) in [4.78, 5) is 38.4. The number of ether oxygens (including phenoxy) is 1. The lowest BCUT2D eigenvalue weighted by atomic mass is 9.96. The fraction of sp³-hybridized carbons (Fsp3) is 0.348. The number of halogens is 1. The Morgan fingerprint density at radius 3 is 2.47 bits per heavy atom. The van der Waals surface area contributed by atoms with Crippen LogP contribution < -0.4 is 5.32 Å². The molecule has 2 amide bonds. The Balaban J connectivity index is 1.43. The summed E-state index contributed by atoms with van der Waals surface area (Å²) in [6.07, 6.45) is 1.79. The number of hydrogen-bond donors (Lipinski definition) is 1. The van der Waals surface area contributed by atoms with E-state index in [1.54, 1.807) is 11.0 Å². The Bertz CT molecular complexity index is 906. The summed E-state index contributed by atoms with van der Waals surface area (Å²) in [7, 11) is 0. The third-order valence-corrected chi connectivity index (χ3v) is 5.17. The van der Waals surface area contributed by atoms with Crippen molar-refractivity contribution >= 4 is 23.5 Å². The quantitative estimate of drug-likeness (QED) is 0.738. The van der Waals surface area contributed by atoms with Crippen LogP contribution in [0.1, 0.15) is 35.7 Å². The highest BCUT2D eigenvalue weighted by Crippen LogP contribution is 2.20. The van der Waals surface area contributed by atoms with Crippen LogP contribution in [0.2, 0.25) is 0 Å². The van der Waals surface area contributed by atoms with E-state index in [0.717, 1.165) is 12.0 Å². The van der Waals surface area contributed by atoms with E-state index in [9.17, 15) is 18.8 Å². The van der Waals surface area contributed by atoms with Crippen molar-refractivity contribution in [1.82, 2.24) is 4.90 Å². The first kappa shape index (κ1) is 21.5. The van der Waals surface area contributed by atoms with Crippen LogP contribution in [0.15, 0.2) is 48.5 Å². The first-order valence-corrected chi connectivity index (χ1v) is 10.1. The molecule has 158 valence electrons. The Hall–Kier alpha value is -3.22. The van der Waals surface area contributed by atoms with Gasteiger partial charge in [-0.2, -0.15) is 0 Å². The van der Waals surface area contributed by atoms with Crippen LogP contribution in [0.3, 0.4) is 0 Å². The summed E-state index contributed by atoms with van der Waals surface area (Å²) in [6.45, 7) is 2.50. The largest absolute Gasteiger partial charge is 0.455 e. The molecule has 0 aliphatic carbocycles. The van der Waals surface area contributed by atoms with Gasteiger partial charge in [0, 0.05) is 24.3 Å². The lowest BCUT2D eigenvalue weighted by Gasteiger charge is -2.31. The molecule has 1 fully saturated rings. The molecule has 0 atom stereocenters. The second kappa shape index (κ2) is 10.0. The number of anilines is 1. The van der Waals surface area contributed by atoms with Gasteiger partial charge in [0.15, 0.2) is 6.61 Å². The van der Waals surface area contributed by atoms with Crippen molar-refractivity contribution in [2.45, 2.75) is 26.2 Å². The van der Waals surface area contributed by atoms with Gasteiger partial charge in [0.1, 0.15) is 5.82 Å². The molecule has 3 rings (SSSR count). The molecular formula is C23H25FN2O4. The molecule has 1 saturated heterocycles. The van der Waals surface area contributed by atoms with Crippen molar-refractivity contribution in [3.8, 4) is 0 Å². The minimum Gasteiger partial charge on any atom is -0.455 e. The van der Waals surface area contributed by atoms with Gasteiger partial charge in [0.2, 0.25) is 0 Å². The van der Waals surface area contributed by atoms with E-state index in [2.05, 4.69) is 5.32 Å². The molecular weight excluding hydrogens is 387 g/mol. The Morgan fingerprint density at radius 1 is 1.10 bits per heavy atom. The van der Waals surface area contributed by atoms with Gasteiger partial charge in [0.05, 0.1) is 5.92 Å². The number of nitrogens with zero attached hydrogens (tertiary/aromatic N) is 1. The highest BCUT2D eigenvalue weighted by molar-refractivity contribution is 5.94. The first-order chi connectivity index (χ1) is 14.5. The van der Waals surface area contributed by atoms with Crippen molar-refractivity contribution < 1.29 is 23.5 Å². The Morgan fingerprint density at radius 2 is 1.80 bits per heavy atom. The molecule has 0 bridgehead atoms. The van der Waals surface area contributed by atoms with E-state index in [4.69, 9.17) is 4.74 Å². The summed E-state index contributed by atoms with van der Waals surface area (Å²) in [6, 6.07) is 12.9. The standard InChI is InChI=1S/C23H25FN2O4/c1-2-16-4-3-5-20(14-16)25-21(27)15-30-23(29)18-10-12-26(13-11-18)22(28)17-6-8-19(24)9-7-17/h3-9,14,18H,2,10-13,15H2,1H3,(H,25,27). The van der Waals surface area contributed by atoms with Crippen molar-refractivity contribution in [2.24, 2.45) is 5.92 Å². The van der Waals surface area contributed by atoms with Gasteiger partial charge in [-0.25, -0.2) is 4.39 Å². The molecule has 2 aromatic carbocycles. The number of carbonyl (C=O) groups is 3. The number of hydrogen-bond acceptors (Lipinski definition) is 4. The van der Waals surface area contributed by atoms with Gasteiger partial charge in [-0.1, -0.05) is 19.1 Å². The number of esters is 1. The number of nitrogens with one attached hydrogen (secondary N) is 1. The zero-order valence-electron chi connectivity index (χ0n) is 16.9. The zero-order valence-corrected chi connectivity index (χ0v) is 16.9. The molecule has 1 N–H and O–H groups in total. The predicted molar refractivity (Wildman–Crippen MR) is 110 cm³/mol. The minimum absolute atomic E-state index is 0.185. The van der Waals surface area contributed by atoms with Gasteiger partial charge >= 0.3 is 5.97 Å². The fourth-order valence-electron chi connectivity index (χ4n) is 3.41. The lowest BCUT2D eigenvalue weighted by molar-refractivity contribution is -0.152. The Labute approximate surface area is 175 Å². The van der Waals surface area contributed by atoms with Crippen LogP contribution in [0.25, 0.3) is 0 Å². The molecule has 1 aliphatic rings. The van der Waals surface area contributed by atoms with Crippen LogP contribution in [-0.2, 0) is 20.7 Å². The molecule has 2 aromatic rings. The minimum atomic E-state index is -0.429. The van der Waals surface area contributed by atoms with Gasteiger partial charge in [-0.05, 0) is 61.2 Å². The number of likely N-dealkylation sites (tertiary alicyclic amines) is 1. The lowest BCUT2D eigenvalue weighted by Crippen LogP contribution is -2.41. The number of amides is 2. The smallest absolute Gasteiger partial charge is 0.309 e. The van der Waals surface area contributed by atoms with E-state index >= 15 is 0 Å². The molecule has 1 aliphatic heterocycles. The third kappa shape index (κ3) is 5.65. The van der Waals surface area contributed by atoms with E-state index in [-0.39, 0.29) is 24.3 Å². The number of carbonyl (C=O) groups excluding carboxylic acids is 3. The third-order valence-electron chi connectivity index (χ3n) is 5.17. The van der Waals surface area contributed by atoms with Gasteiger partial charge < -0.3 is 15.0 Å². The molecule has 0 spiro atoms. The van der Waals surface area contributed by atoms with Crippen LogP contribution >= 0.6 is 0 Å². The first-order valence-electron chi connectivity index (χ1n) is 10.1. The second-order valence-electron chi connectivity index (χ2n) is 7.28. The molecule has 1 heterocycles. The summed E-state index contributed by atoms with van der Waals surface area (Å²) in [5, 5.41) is 2.72. The number of aryl methyl sites for hydroxylation is 1. The topological polar surface area (TPSA) is 75.7 Å². The summed E-state index contributed by atoms with van der Waals surface area (Å²) in [5.41, 5.74) is 2.19. The van der Waals surface area contributed by atoms with Crippen LogP contribution in [0.4, 0.5) is 10.1 Å². The average Bonchev–Trinajstić information content (AvgIpc) is 2.77. The summed E-state index contributed by atoms with van der Waals surface area (Å²) in [5.74, 6) is -1.74. The van der Waals surface area contributed by atoms with Gasteiger partial charge in [-0.3, -0.25) is 14.4 Å². The van der Waals surface area contributed by atoms with Crippen molar-refractivity contribution in [2.75, 3.05) is 25.0 Å². The van der Waals surface area contributed by atoms with Crippen molar-refractivity contribution in [3.05, 3.63) is 65.5 Å². The van der Waals surface area contributed by atoms with E-state index < -0.39 is 11.8 Å². The SMILES string of the molecule is CCc1cccc(NC(=O)COC(=O)C2CCN(C(=O)c3ccc(F)cc3)CC2)c1. The second-order valence-corrected chi connectivity index (χ2v) is 7.28. The molecule has 6 nitrogen and oxygen atoms in total. The number of rotatable bonds is 6. The van der Waals surface area contributed by atoms with Crippen LogP contribution in [0, 0.1) is 11.7 Å². The predicted octanol–water partition coefficient (Wildman–Crippen LogP) is 3.42.